The van der Waals surface area contributed by atoms with E-state index in [4.69, 9.17) is 4.74 Å². The van der Waals surface area contributed by atoms with E-state index in [1.165, 1.54) is 12.1 Å². The number of phenols is 1. The van der Waals surface area contributed by atoms with Gasteiger partial charge in [0.15, 0.2) is 5.75 Å². The van der Waals surface area contributed by atoms with Gasteiger partial charge in [-0.1, -0.05) is 0 Å². The molecular formula is C17H17ClI2N2O4. The lowest BCUT2D eigenvalue weighted by Gasteiger charge is -2.27. The molecule has 0 aromatic heterocycles. The zero-order valence-electron chi connectivity index (χ0n) is 13.8. The maximum Gasteiger partial charge on any atom is 0.311 e. The molecule has 1 heterocycles. The van der Waals surface area contributed by atoms with Crippen LogP contribution in [0.2, 0.25) is 0 Å². The number of ether oxygens (including phenoxy) is 1. The van der Waals surface area contributed by atoms with Crippen LogP contribution in [0.5, 0.6) is 11.5 Å². The third kappa shape index (κ3) is 4.34. The summed E-state index contributed by atoms with van der Waals surface area (Å²) in [7, 11) is 1.66. The van der Waals surface area contributed by atoms with E-state index in [2.05, 4.69) is 62.6 Å². The molecule has 0 saturated heterocycles. The third-order valence-electron chi connectivity index (χ3n) is 4.30. The molecule has 0 saturated carbocycles. The van der Waals surface area contributed by atoms with Crippen LogP contribution in [0.25, 0.3) is 0 Å². The quantitative estimate of drug-likeness (QED) is 0.309. The number of hydrogen-bond donors (Lipinski definition) is 2. The first-order valence-corrected chi connectivity index (χ1v) is 9.82. The minimum Gasteiger partial charge on any atom is -0.502 e. The van der Waals surface area contributed by atoms with Crippen molar-refractivity contribution in [1.29, 1.82) is 0 Å². The second kappa shape index (κ2) is 8.89. The van der Waals surface area contributed by atoms with Crippen LogP contribution in [0, 0.1) is 17.3 Å². The van der Waals surface area contributed by atoms with Crippen LogP contribution < -0.4 is 10.1 Å². The number of methoxy groups -OCH3 is 1. The van der Waals surface area contributed by atoms with Gasteiger partial charge in [-0.05, 0) is 99.5 Å². The van der Waals surface area contributed by atoms with Gasteiger partial charge in [0.05, 0.1) is 19.2 Å². The van der Waals surface area contributed by atoms with Crippen molar-refractivity contribution in [3.8, 4) is 11.5 Å². The van der Waals surface area contributed by atoms with Crippen LogP contribution in [-0.4, -0.2) is 23.7 Å². The number of nitro benzene ring substituents is 1. The van der Waals surface area contributed by atoms with Crippen molar-refractivity contribution in [2.75, 3.05) is 13.7 Å². The van der Waals surface area contributed by atoms with Gasteiger partial charge >= 0.3 is 5.69 Å². The highest BCUT2D eigenvalue weighted by atomic mass is 127. The Morgan fingerprint density at radius 1 is 1.31 bits per heavy atom. The molecule has 0 fully saturated rings. The van der Waals surface area contributed by atoms with E-state index in [1.54, 1.807) is 7.11 Å². The van der Waals surface area contributed by atoms with Crippen LogP contribution in [0.4, 0.5) is 5.69 Å². The van der Waals surface area contributed by atoms with Gasteiger partial charge in [0.1, 0.15) is 5.75 Å². The summed E-state index contributed by atoms with van der Waals surface area (Å²) in [6, 6.07) is 7.16. The monoisotopic (exact) mass is 602 g/mol. The van der Waals surface area contributed by atoms with Gasteiger partial charge in [0, 0.05) is 12.1 Å². The highest BCUT2D eigenvalue weighted by molar-refractivity contribution is 14.1. The van der Waals surface area contributed by atoms with Gasteiger partial charge in [-0.15, -0.1) is 12.4 Å². The SMILES string of the molecule is COc1c(I)cc(C[C@@H]2NCCc3cc(O)c([N+](=O)[O-])cc32)cc1I.Cl. The Hall–Kier alpha value is -0.850. The lowest BCUT2D eigenvalue weighted by molar-refractivity contribution is -0.386. The first-order chi connectivity index (χ1) is 11.9. The van der Waals surface area contributed by atoms with Crippen LogP contribution >= 0.6 is 57.6 Å². The highest BCUT2D eigenvalue weighted by Gasteiger charge is 2.26. The van der Waals surface area contributed by atoms with Crippen LogP contribution in [0.15, 0.2) is 24.3 Å². The number of benzene rings is 2. The van der Waals surface area contributed by atoms with Gasteiger partial charge in [-0.25, -0.2) is 0 Å². The van der Waals surface area contributed by atoms with Crippen molar-refractivity contribution in [3.63, 3.8) is 0 Å². The summed E-state index contributed by atoms with van der Waals surface area (Å²) < 4.78 is 7.47. The normalized spacial score (nSPS) is 15.7. The van der Waals surface area contributed by atoms with Crippen LogP contribution in [-0.2, 0) is 12.8 Å². The van der Waals surface area contributed by atoms with Crippen molar-refractivity contribution in [3.05, 3.63) is 58.2 Å². The average molecular weight is 603 g/mol. The van der Waals surface area contributed by atoms with Gasteiger partial charge in [-0.3, -0.25) is 10.1 Å². The maximum atomic E-state index is 11.1. The van der Waals surface area contributed by atoms with E-state index < -0.39 is 4.92 Å². The molecule has 1 aliphatic heterocycles. The largest absolute Gasteiger partial charge is 0.502 e. The number of aromatic hydroxyl groups is 1. The Morgan fingerprint density at radius 2 is 1.96 bits per heavy atom. The molecule has 6 nitrogen and oxygen atoms in total. The minimum absolute atomic E-state index is 0. The fourth-order valence-corrected chi connectivity index (χ4v) is 5.49. The Balaban J connectivity index is 0.00000243. The van der Waals surface area contributed by atoms with E-state index in [0.717, 1.165) is 42.5 Å². The number of phenolic OH excluding ortho intramolecular Hbond substituents is 1. The number of hydrogen-bond acceptors (Lipinski definition) is 5. The second-order valence-corrected chi connectivity index (χ2v) is 8.17. The van der Waals surface area contributed by atoms with E-state index in [9.17, 15) is 15.2 Å². The van der Waals surface area contributed by atoms with Crippen molar-refractivity contribution >= 4 is 63.3 Å². The van der Waals surface area contributed by atoms with Crippen molar-refractivity contribution in [2.45, 2.75) is 18.9 Å². The van der Waals surface area contributed by atoms with Crippen LogP contribution in [0.3, 0.4) is 0 Å². The summed E-state index contributed by atoms with van der Waals surface area (Å²) >= 11 is 4.50. The van der Waals surface area contributed by atoms with E-state index >= 15 is 0 Å². The minimum atomic E-state index is -0.541. The summed E-state index contributed by atoms with van der Waals surface area (Å²) in [5, 5.41) is 24.4. The highest BCUT2D eigenvalue weighted by Crippen LogP contribution is 2.36. The molecule has 3 rings (SSSR count). The van der Waals surface area contributed by atoms with E-state index in [1.807, 2.05) is 0 Å². The maximum absolute atomic E-state index is 11.1. The summed E-state index contributed by atoms with van der Waals surface area (Å²) in [5.41, 5.74) is 2.74. The Labute approximate surface area is 184 Å². The number of halogens is 3. The molecule has 0 spiro atoms. The topological polar surface area (TPSA) is 84.6 Å². The molecule has 2 aromatic rings. The Morgan fingerprint density at radius 3 is 2.54 bits per heavy atom. The number of fused-ring (bicyclic) bond motifs is 1. The number of rotatable bonds is 4. The van der Waals surface area contributed by atoms with Crippen molar-refractivity contribution < 1.29 is 14.8 Å². The molecule has 0 unspecified atom stereocenters. The number of nitro groups is 1. The molecule has 140 valence electrons. The molecular weight excluding hydrogens is 585 g/mol. The molecule has 9 heteroatoms. The molecule has 0 radical (unpaired) electrons. The molecule has 2 N–H and O–H groups in total. The van der Waals surface area contributed by atoms with Gasteiger partial charge in [0.2, 0.25) is 0 Å². The van der Waals surface area contributed by atoms with Gasteiger partial charge in [-0.2, -0.15) is 0 Å². The van der Waals surface area contributed by atoms with Crippen molar-refractivity contribution in [1.82, 2.24) is 5.32 Å². The summed E-state index contributed by atoms with van der Waals surface area (Å²) in [4.78, 5) is 10.6. The summed E-state index contributed by atoms with van der Waals surface area (Å²) in [5.74, 6) is 0.598. The summed E-state index contributed by atoms with van der Waals surface area (Å²) in [6.07, 6.45) is 1.46. The zero-order valence-corrected chi connectivity index (χ0v) is 18.9. The number of nitrogens with zero attached hydrogens (tertiary/aromatic N) is 1. The molecule has 0 amide bonds. The van der Waals surface area contributed by atoms with Crippen molar-refractivity contribution in [2.24, 2.45) is 0 Å². The van der Waals surface area contributed by atoms with Gasteiger partial charge < -0.3 is 15.2 Å². The smallest absolute Gasteiger partial charge is 0.311 e. The molecule has 0 aliphatic carbocycles. The number of nitrogens with one attached hydrogen (secondary N) is 1. The molecule has 1 aliphatic rings. The van der Waals surface area contributed by atoms with E-state index in [-0.39, 0.29) is 29.9 Å². The first-order valence-electron chi connectivity index (χ1n) is 7.66. The van der Waals surface area contributed by atoms with Gasteiger partial charge in [0.25, 0.3) is 0 Å². The lowest BCUT2D eigenvalue weighted by atomic mass is 9.89. The van der Waals surface area contributed by atoms with Crippen LogP contribution in [0.1, 0.15) is 22.7 Å². The van der Waals surface area contributed by atoms with E-state index in [0.29, 0.717) is 6.42 Å². The third-order valence-corrected chi connectivity index (χ3v) is 5.90. The molecule has 2 aromatic carbocycles. The molecule has 26 heavy (non-hydrogen) atoms. The molecule has 1 atom stereocenters. The fourth-order valence-electron chi connectivity index (χ4n) is 3.16. The molecule has 0 bridgehead atoms. The lowest BCUT2D eigenvalue weighted by Crippen LogP contribution is -2.31. The second-order valence-electron chi connectivity index (χ2n) is 5.85. The predicted molar refractivity (Wildman–Crippen MR) is 119 cm³/mol. The first kappa shape index (κ1) is 21.5. The fraction of sp³-hybridized carbons (Fsp3) is 0.294. The standard InChI is InChI=1S/C17H16I2N2O4.ClH/c1-25-17-12(18)4-9(5-13(17)19)6-14-11-8-15(21(23)24)16(22)7-10(11)2-3-20-14;/h4-5,7-8,14,20,22H,2-3,6H2,1H3;1H/t14-;/m0./s1. The zero-order chi connectivity index (χ0) is 18.1. The Bertz CT molecular complexity index is 825. The predicted octanol–water partition coefficient (Wildman–Crippen LogP) is 4.37. The Kier molecular flexibility index (Phi) is 7.34. The average Bonchev–Trinajstić information content (AvgIpc) is 2.54. The summed E-state index contributed by atoms with van der Waals surface area (Å²) in [6.45, 7) is 0.777.